The molecule has 2 atom stereocenters. The molecule has 126 valence electrons. The minimum Gasteiger partial charge on any atom is -0.363 e. The number of pyridine rings is 1. The van der Waals surface area contributed by atoms with E-state index in [0.717, 1.165) is 37.4 Å². The van der Waals surface area contributed by atoms with Gasteiger partial charge in [0.15, 0.2) is 0 Å². The van der Waals surface area contributed by atoms with Crippen molar-refractivity contribution in [3.8, 4) is 0 Å². The number of hydrogen-bond acceptors (Lipinski definition) is 4. The normalized spacial score (nSPS) is 24.4. The van der Waals surface area contributed by atoms with Gasteiger partial charge in [0.05, 0.1) is 0 Å². The van der Waals surface area contributed by atoms with Gasteiger partial charge in [0.1, 0.15) is 5.82 Å². The Hall–Kier alpha value is -1.82. The summed E-state index contributed by atoms with van der Waals surface area (Å²) < 4.78 is 0. The molecule has 2 aliphatic heterocycles. The van der Waals surface area contributed by atoms with Gasteiger partial charge in [-0.2, -0.15) is 0 Å². The Morgan fingerprint density at radius 3 is 2.83 bits per heavy atom. The quantitative estimate of drug-likeness (QED) is 0.915. The van der Waals surface area contributed by atoms with Crippen LogP contribution in [0.1, 0.15) is 18.4 Å². The highest BCUT2D eigenvalue weighted by Crippen LogP contribution is 2.31. The van der Waals surface area contributed by atoms with E-state index in [0.29, 0.717) is 18.5 Å². The van der Waals surface area contributed by atoms with Crippen molar-refractivity contribution in [1.82, 2.24) is 20.1 Å². The first-order chi connectivity index (χ1) is 11.0. The van der Waals surface area contributed by atoms with Crippen LogP contribution in [0.25, 0.3) is 0 Å². The van der Waals surface area contributed by atoms with Gasteiger partial charge in [-0.25, -0.2) is 9.78 Å². The second-order valence-electron chi connectivity index (χ2n) is 6.94. The molecular formula is C17H27N5O. The highest BCUT2D eigenvalue weighted by molar-refractivity contribution is 5.75. The van der Waals surface area contributed by atoms with Gasteiger partial charge in [0.25, 0.3) is 0 Å². The van der Waals surface area contributed by atoms with Crippen LogP contribution >= 0.6 is 0 Å². The van der Waals surface area contributed by atoms with Gasteiger partial charge in [-0.05, 0) is 44.0 Å². The van der Waals surface area contributed by atoms with Crippen molar-refractivity contribution >= 4 is 11.8 Å². The second-order valence-corrected chi connectivity index (χ2v) is 6.94. The zero-order valence-electron chi connectivity index (χ0n) is 14.3. The number of likely N-dealkylation sites (N-methyl/N-ethyl adjacent to an activating group) is 1. The Labute approximate surface area is 138 Å². The number of nitrogens with zero attached hydrogens (tertiary/aromatic N) is 4. The molecule has 0 spiro atoms. The average molecular weight is 317 g/mol. The van der Waals surface area contributed by atoms with E-state index in [9.17, 15) is 4.79 Å². The largest absolute Gasteiger partial charge is 0.363 e. The number of piperidine rings is 1. The van der Waals surface area contributed by atoms with E-state index < -0.39 is 0 Å². The third-order valence-corrected chi connectivity index (χ3v) is 5.04. The molecular weight excluding hydrogens is 290 g/mol. The van der Waals surface area contributed by atoms with Crippen LogP contribution in [0.3, 0.4) is 0 Å². The van der Waals surface area contributed by atoms with Crippen molar-refractivity contribution < 1.29 is 4.79 Å². The van der Waals surface area contributed by atoms with Crippen LogP contribution in [-0.4, -0.2) is 67.6 Å². The maximum atomic E-state index is 12.5. The number of aromatic nitrogens is 1. The average Bonchev–Trinajstić information content (AvgIpc) is 2.96. The van der Waals surface area contributed by atoms with Crippen LogP contribution in [0.5, 0.6) is 0 Å². The van der Waals surface area contributed by atoms with Crippen LogP contribution in [0.2, 0.25) is 0 Å². The van der Waals surface area contributed by atoms with Crippen LogP contribution in [-0.2, 0) is 6.54 Å². The van der Waals surface area contributed by atoms with Gasteiger partial charge < -0.3 is 20.0 Å². The van der Waals surface area contributed by atoms with Gasteiger partial charge >= 0.3 is 6.03 Å². The summed E-state index contributed by atoms with van der Waals surface area (Å²) in [6.07, 6.45) is 4.18. The third kappa shape index (κ3) is 3.58. The van der Waals surface area contributed by atoms with E-state index in [4.69, 9.17) is 0 Å². The summed E-state index contributed by atoms with van der Waals surface area (Å²) in [6.45, 7) is 3.56. The molecule has 2 amide bonds. The molecule has 1 aromatic heterocycles. The number of amides is 2. The lowest BCUT2D eigenvalue weighted by Crippen LogP contribution is -2.51. The maximum Gasteiger partial charge on any atom is 0.317 e. The molecule has 3 heterocycles. The Bertz CT molecular complexity index is 544. The number of carbonyl (C=O) groups excluding carboxylic acids is 1. The molecule has 0 aliphatic carbocycles. The number of fused-ring (bicyclic) bond motifs is 1. The lowest BCUT2D eigenvalue weighted by atomic mass is 9.92. The van der Waals surface area contributed by atoms with Crippen LogP contribution in [0, 0.1) is 5.92 Å². The smallest absolute Gasteiger partial charge is 0.317 e. The first-order valence-corrected chi connectivity index (χ1v) is 8.40. The highest BCUT2D eigenvalue weighted by atomic mass is 16.2. The SMILES string of the molecule is CN1CC[C@H]2CCN(C(=O)NCc3ccc(N(C)C)nc3)[C@H]2C1. The maximum absolute atomic E-state index is 12.5. The van der Waals surface area contributed by atoms with Crippen molar-refractivity contribution in [3.05, 3.63) is 23.9 Å². The molecule has 1 N–H and O–H groups in total. The Morgan fingerprint density at radius 1 is 1.35 bits per heavy atom. The van der Waals surface area contributed by atoms with E-state index in [1.165, 1.54) is 6.42 Å². The summed E-state index contributed by atoms with van der Waals surface area (Å²) in [6, 6.07) is 4.43. The molecule has 3 rings (SSSR count). The van der Waals surface area contributed by atoms with Gasteiger partial charge in [0, 0.05) is 46.0 Å². The number of rotatable bonds is 3. The van der Waals surface area contributed by atoms with Crippen molar-refractivity contribution in [2.75, 3.05) is 45.7 Å². The molecule has 1 aromatic rings. The monoisotopic (exact) mass is 317 g/mol. The summed E-state index contributed by atoms with van der Waals surface area (Å²) in [7, 11) is 6.08. The van der Waals surface area contributed by atoms with Crippen molar-refractivity contribution in [2.24, 2.45) is 5.92 Å². The molecule has 0 aromatic carbocycles. The second kappa shape index (κ2) is 6.74. The van der Waals surface area contributed by atoms with Gasteiger partial charge in [-0.15, -0.1) is 0 Å². The van der Waals surface area contributed by atoms with Gasteiger partial charge in [-0.3, -0.25) is 0 Å². The molecule has 2 aliphatic rings. The summed E-state index contributed by atoms with van der Waals surface area (Å²) in [5.41, 5.74) is 1.03. The number of urea groups is 1. The fourth-order valence-corrected chi connectivity index (χ4v) is 3.62. The minimum absolute atomic E-state index is 0.0597. The fraction of sp³-hybridized carbons (Fsp3) is 0.647. The van der Waals surface area contributed by atoms with Crippen molar-refractivity contribution in [1.29, 1.82) is 0 Å². The molecule has 0 unspecified atom stereocenters. The zero-order chi connectivity index (χ0) is 16.4. The first-order valence-electron chi connectivity index (χ1n) is 8.40. The van der Waals surface area contributed by atoms with E-state index in [1.807, 2.05) is 42.2 Å². The molecule has 6 heteroatoms. The number of carbonyl (C=O) groups is 1. The summed E-state index contributed by atoms with van der Waals surface area (Å²) in [5, 5.41) is 3.05. The number of anilines is 1. The van der Waals surface area contributed by atoms with E-state index >= 15 is 0 Å². The minimum atomic E-state index is 0.0597. The molecule has 0 saturated carbocycles. The summed E-state index contributed by atoms with van der Waals surface area (Å²) in [5.74, 6) is 1.60. The highest BCUT2D eigenvalue weighted by Gasteiger charge is 2.39. The standard InChI is InChI=1S/C17H27N5O/c1-20(2)16-5-4-13(10-18-16)11-19-17(23)22-9-7-14-6-8-21(3)12-15(14)22/h4-5,10,14-15H,6-9,11-12H2,1-3H3,(H,19,23)/t14-,15-/m0/s1. The zero-order valence-corrected chi connectivity index (χ0v) is 14.3. The third-order valence-electron chi connectivity index (χ3n) is 5.04. The molecule has 23 heavy (non-hydrogen) atoms. The molecule has 2 fully saturated rings. The predicted octanol–water partition coefficient (Wildman–Crippen LogP) is 1.38. The number of nitrogens with one attached hydrogen (secondary N) is 1. The van der Waals surface area contributed by atoms with Crippen LogP contribution in [0.15, 0.2) is 18.3 Å². The molecule has 6 nitrogen and oxygen atoms in total. The van der Waals surface area contributed by atoms with Crippen LogP contribution in [0.4, 0.5) is 10.6 Å². The summed E-state index contributed by atoms with van der Waals surface area (Å²) in [4.78, 5) is 23.2. The molecule has 0 radical (unpaired) electrons. The van der Waals surface area contributed by atoms with Crippen molar-refractivity contribution in [2.45, 2.75) is 25.4 Å². The van der Waals surface area contributed by atoms with Gasteiger partial charge in [-0.1, -0.05) is 6.07 Å². The Balaban J connectivity index is 1.55. The topological polar surface area (TPSA) is 51.7 Å². The number of likely N-dealkylation sites (tertiary alicyclic amines) is 2. The van der Waals surface area contributed by atoms with E-state index in [1.54, 1.807) is 0 Å². The fourth-order valence-electron chi connectivity index (χ4n) is 3.62. The lowest BCUT2D eigenvalue weighted by molar-refractivity contribution is 0.131. The Morgan fingerprint density at radius 2 is 2.13 bits per heavy atom. The predicted molar refractivity (Wildman–Crippen MR) is 91.5 cm³/mol. The van der Waals surface area contributed by atoms with Gasteiger partial charge in [0.2, 0.25) is 0 Å². The van der Waals surface area contributed by atoms with E-state index in [-0.39, 0.29) is 6.03 Å². The Kier molecular flexibility index (Phi) is 4.71. The lowest BCUT2D eigenvalue weighted by Gasteiger charge is -2.36. The number of hydrogen-bond donors (Lipinski definition) is 1. The molecule has 2 saturated heterocycles. The van der Waals surface area contributed by atoms with E-state index in [2.05, 4.69) is 22.2 Å². The van der Waals surface area contributed by atoms with Crippen LogP contribution < -0.4 is 10.2 Å². The summed E-state index contributed by atoms with van der Waals surface area (Å²) >= 11 is 0. The first kappa shape index (κ1) is 16.1. The molecule has 0 bridgehead atoms. The van der Waals surface area contributed by atoms with Crippen molar-refractivity contribution in [3.63, 3.8) is 0 Å².